The summed E-state index contributed by atoms with van der Waals surface area (Å²) in [6.07, 6.45) is 1.31. The number of nitrogens with zero attached hydrogens (tertiary/aromatic N) is 1. The van der Waals surface area contributed by atoms with Crippen LogP contribution in [0.25, 0.3) is 10.9 Å². The number of H-pyrrole nitrogens is 1. The fraction of sp³-hybridized carbons (Fsp3) is 0.444. The standard InChI is InChI=1S/C18H24N2O2/c1-5-8-16(21)20(18(2,3)4)12-14-11-13-9-6-7-10-15(13)19-17(14)22/h6-7,9-11H,5,8,12H2,1-4H3,(H,19,22). The topological polar surface area (TPSA) is 53.2 Å². The zero-order chi connectivity index (χ0) is 16.3. The number of pyridine rings is 1. The van der Waals surface area contributed by atoms with Crippen LogP contribution in [0, 0.1) is 0 Å². The van der Waals surface area contributed by atoms with Gasteiger partial charge in [-0.15, -0.1) is 0 Å². The minimum atomic E-state index is -0.315. The molecular weight excluding hydrogens is 276 g/mol. The van der Waals surface area contributed by atoms with Crippen molar-refractivity contribution >= 4 is 16.8 Å². The summed E-state index contributed by atoms with van der Waals surface area (Å²) in [5, 5.41) is 0.980. The van der Waals surface area contributed by atoms with E-state index in [0.717, 1.165) is 17.3 Å². The van der Waals surface area contributed by atoms with Crippen molar-refractivity contribution in [3.63, 3.8) is 0 Å². The smallest absolute Gasteiger partial charge is 0.253 e. The summed E-state index contributed by atoms with van der Waals surface area (Å²) in [7, 11) is 0. The van der Waals surface area contributed by atoms with Crippen molar-refractivity contribution in [3.8, 4) is 0 Å². The van der Waals surface area contributed by atoms with Gasteiger partial charge in [-0.1, -0.05) is 25.1 Å². The van der Waals surface area contributed by atoms with Crippen molar-refractivity contribution in [2.24, 2.45) is 0 Å². The van der Waals surface area contributed by atoms with Gasteiger partial charge in [0.15, 0.2) is 0 Å². The third-order valence-corrected chi connectivity index (χ3v) is 3.73. The average molecular weight is 300 g/mol. The molecule has 22 heavy (non-hydrogen) atoms. The predicted molar refractivity (Wildman–Crippen MR) is 89.8 cm³/mol. The van der Waals surface area contributed by atoms with Gasteiger partial charge in [-0.3, -0.25) is 9.59 Å². The van der Waals surface area contributed by atoms with E-state index in [0.29, 0.717) is 18.5 Å². The van der Waals surface area contributed by atoms with Crippen LogP contribution < -0.4 is 5.56 Å². The van der Waals surface area contributed by atoms with Gasteiger partial charge in [0.05, 0.1) is 6.54 Å². The molecule has 0 fully saturated rings. The Bertz CT molecular complexity index is 726. The summed E-state index contributed by atoms with van der Waals surface area (Å²) in [6.45, 7) is 8.31. The van der Waals surface area contributed by atoms with Crippen LogP contribution in [0.3, 0.4) is 0 Å². The van der Waals surface area contributed by atoms with Crippen molar-refractivity contribution in [3.05, 3.63) is 46.2 Å². The van der Waals surface area contributed by atoms with Gasteiger partial charge < -0.3 is 9.88 Å². The summed E-state index contributed by atoms with van der Waals surface area (Å²) >= 11 is 0. The monoisotopic (exact) mass is 300 g/mol. The molecular formula is C18H24N2O2. The number of rotatable bonds is 4. The molecule has 0 aliphatic heterocycles. The van der Waals surface area contributed by atoms with Crippen LogP contribution in [-0.4, -0.2) is 21.3 Å². The minimum Gasteiger partial charge on any atom is -0.333 e. The highest BCUT2D eigenvalue weighted by atomic mass is 16.2. The molecule has 2 aromatic rings. The van der Waals surface area contributed by atoms with Crippen LogP contribution in [0.15, 0.2) is 35.1 Å². The van der Waals surface area contributed by atoms with E-state index in [1.54, 1.807) is 4.90 Å². The quantitative estimate of drug-likeness (QED) is 0.940. The Kier molecular flexibility index (Phi) is 4.69. The highest BCUT2D eigenvalue weighted by Gasteiger charge is 2.26. The molecule has 0 spiro atoms. The molecule has 0 unspecified atom stereocenters. The molecule has 1 aromatic heterocycles. The molecule has 0 radical (unpaired) electrons. The largest absolute Gasteiger partial charge is 0.333 e. The van der Waals surface area contributed by atoms with Gasteiger partial charge in [0.1, 0.15) is 0 Å². The number of benzene rings is 1. The van der Waals surface area contributed by atoms with Gasteiger partial charge in [-0.25, -0.2) is 0 Å². The molecule has 2 rings (SSSR count). The van der Waals surface area contributed by atoms with Gasteiger partial charge in [-0.2, -0.15) is 0 Å². The summed E-state index contributed by atoms with van der Waals surface area (Å²) in [5.74, 6) is 0.0857. The number of para-hydroxylation sites is 1. The van der Waals surface area contributed by atoms with Crippen LogP contribution in [0.1, 0.15) is 46.1 Å². The Morgan fingerprint density at radius 1 is 1.23 bits per heavy atom. The Labute approximate surface area is 131 Å². The highest BCUT2D eigenvalue weighted by molar-refractivity contribution is 5.79. The lowest BCUT2D eigenvalue weighted by Crippen LogP contribution is -2.45. The van der Waals surface area contributed by atoms with Gasteiger partial charge >= 0.3 is 0 Å². The zero-order valence-corrected chi connectivity index (χ0v) is 13.8. The molecule has 1 N–H and O–H groups in total. The minimum absolute atomic E-state index is 0.0857. The molecule has 4 nitrogen and oxygen atoms in total. The zero-order valence-electron chi connectivity index (χ0n) is 13.8. The Morgan fingerprint density at radius 3 is 2.55 bits per heavy atom. The molecule has 1 aromatic carbocycles. The average Bonchev–Trinajstić information content (AvgIpc) is 2.43. The molecule has 0 aliphatic carbocycles. The van der Waals surface area contributed by atoms with E-state index in [9.17, 15) is 9.59 Å². The predicted octanol–water partition coefficient (Wildman–Crippen LogP) is 3.46. The summed E-state index contributed by atoms with van der Waals surface area (Å²) in [5.41, 5.74) is 0.999. The van der Waals surface area contributed by atoms with Crippen LogP contribution in [0.4, 0.5) is 0 Å². The Hall–Kier alpha value is -2.10. The molecule has 1 amide bonds. The van der Waals surface area contributed by atoms with Gasteiger partial charge in [-0.05, 0) is 44.7 Å². The van der Waals surface area contributed by atoms with E-state index < -0.39 is 0 Å². The second-order valence-electron chi connectivity index (χ2n) is 6.61. The van der Waals surface area contributed by atoms with Crippen LogP contribution in [-0.2, 0) is 11.3 Å². The molecule has 0 aliphatic rings. The highest BCUT2D eigenvalue weighted by Crippen LogP contribution is 2.19. The Balaban J connectivity index is 2.39. The Morgan fingerprint density at radius 2 is 1.91 bits per heavy atom. The van der Waals surface area contributed by atoms with Crippen LogP contribution in [0.2, 0.25) is 0 Å². The normalized spacial score (nSPS) is 11.6. The fourth-order valence-corrected chi connectivity index (χ4v) is 2.53. The molecule has 4 heteroatoms. The van der Waals surface area contributed by atoms with E-state index in [2.05, 4.69) is 4.98 Å². The van der Waals surface area contributed by atoms with Gasteiger partial charge in [0.25, 0.3) is 5.56 Å². The second kappa shape index (κ2) is 6.34. The first-order valence-corrected chi connectivity index (χ1v) is 7.74. The third kappa shape index (κ3) is 3.56. The van der Waals surface area contributed by atoms with E-state index in [-0.39, 0.29) is 17.0 Å². The number of hydrogen-bond donors (Lipinski definition) is 1. The molecule has 0 saturated heterocycles. The maximum Gasteiger partial charge on any atom is 0.253 e. The van der Waals surface area contributed by atoms with E-state index in [4.69, 9.17) is 0 Å². The number of aromatic amines is 1. The fourth-order valence-electron chi connectivity index (χ4n) is 2.53. The van der Waals surface area contributed by atoms with E-state index in [1.165, 1.54) is 0 Å². The van der Waals surface area contributed by atoms with Crippen LogP contribution >= 0.6 is 0 Å². The van der Waals surface area contributed by atoms with Gasteiger partial charge in [0, 0.05) is 23.0 Å². The number of hydrogen-bond acceptors (Lipinski definition) is 2. The maximum absolute atomic E-state index is 12.4. The summed E-state index contributed by atoms with van der Waals surface area (Å²) < 4.78 is 0. The first kappa shape index (κ1) is 16.3. The molecule has 0 atom stereocenters. The molecule has 0 saturated carbocycles. The first-order valence-electron chi connectivity index (χ1n) is 7.74. The molecule has 0 bridgehead atoms. The number of fused-ring (bicyclic) bond motifs is 1. The van der Waals surface area contributed by atoms with Crippen molar-refractivity contribution in [1.29, 1.82) is 0 Å². The molecule has 118 valence electrons. The molecule has 1 heterocycles. The number of aromatic nitrogens is 1. The van der Waals surface area contributed by atoms with E-state index in [1.807, 2.05) is 58.0 Å². The lowest BCUT2D eigenvalue weighted by atomic mass is 10.0. The number of carbonyl (C=O) groups excluding carboxylic acids is 1. The maximum atomic E-state index is 12.4. The van der Waals surface area contributed by atoms with E-state index >= 15 is 0 Å². The lowest BCUT2D eigenvalue weighted by Gasteiger charge is -2.35. The van der Waals surface area contributed by atoms with Gasteiger partial charge in [0.2, 0.25) is 5.91 Å². The van der Waals surface area contributed by atoms with Crippen molar-refractivity contribution < 1.29 is 4.79 Å². The van der Waals surface area contributed by atoms with Crippen molar-refractivity contribution in [2.75, 3.05) is 0 Å². The van der Waals surface area contributed by atoms with Crippen molar-refractivity contribution in [1.82, 2.24) is 9.88 Å². The second-order valence-corrected chi connectivity index (χ2v) is 6.61. The first-order chi connectivity index (χ1) is 10.3. The third-order valence-electron chi connectivity index (χ3n) is 3.73. The summed E-state index contributed by atoms with van der Waals surface area (Å²) in [4.78, 5) is 29.3. The SMILES string of the molecule is CCCC(=O)N(Cc1cc2ccccc2[nH]c1=O)C(C)(C)C. The number of amides is 1. The lowest BCUT2D eigenvalue weighted by molar-refractivity contribution is -0.136. The number of carbonyl (C=O) groups is 1. The van der Waals surface area contributed by atoms with Crippen LogP contribution in [0.5, 0.6) is 0 Å². The summed E-state index contributed by atoms with van der Waals surface area (Å²) in [6, 6.07) is 9.55. The number of nitrogens with one attached hydrogen (secondary N) is 1. The van der Waals surface area contributed by atoms with Crippen molar-refractivity contribution in [2.45, 2.75) is 52.6 Å².